The van der Waals surface area contributed by atoms with Gasteiger partial charge in [0.25, 0.3) is 0 Å². The topological polar surface area (TPSA) is 167 Å². The fraction of sp³-hybridized carbons (Fsp3) is 0.885. The molecule has 0 radical (unpaired) electrons. The standard InChI is InChI=1S/C26H51N3O9S3/c1-18(2)39-13-7-21(30)15-36-24(33)27-9-11-29(26(35)38-16-22(31)8-14-40-19(3)4)12-10-28-25(34)37-17-23(32)41-20(5)6/h18-23,30-32H,7-17H2,1-6H3,(H,27,33)(H,28,34). The number of hydrogen-bond donors (Lipinski definition) is 5. The van der Waals surface area contributed by atoms with E-state index in [0.717, 1.165) is 11.5 Å². The van der Waals surface area contributed by atoms with Crippen molar-refractivity contribution >= 4 is 53.6 Å². The van der Waals surface area contributed by atoms with E-state index in [1.807, 2.05) is 13.8 Å². The molecule has 3 amide bonds. The summed E-state index contributed by atoms with van der Waals surface area (Å²) in [7, 11) is 0. The first-order valence-electron chi connectivity index (χ1n) is 14.0. The lowest BCUT2D eigenvalue weighted by Crippen LogP contribution is -2.44. The highest BCUT2D eigenvalue weighted by molar-refractivity contribution is 8.00. The van der Waals surface area contributed by atoms with E-state index in [9.17, 15) is 29.7 Å². The molecule has 0 rings (SSSR count). The molecule has 41 heavy (non-hydrogen) atoms. The molecule has 0 saturated heterocycles. The maximum Gasteiger partial charge on any atom is 0.409 e. The second-order valence-corrected chi connectivity index (χ2v) is 15.1. The number of thioether (sulfide) groups is 3. The van der Waals surface area contributed by atoms with Crippen LogP contribution in [-0.4, -0.2) is 129 Å². The van der Waals surface area contributed by atoms with Crippen LogP contribution in [-0.2, 0) is 14.2 Å². The van der Waals surface area contributed by atoms with Crippen LogP contribution in [0.1, 0.15) is 54.4 Å². The minimum Gasteiger partial charge on any atom is -0.447 e. The van der Waals surface area contributed by atoms with Crippen molar-refractivity contribution in [2.45, 2.75) is 87.8 Å². The van der Waals surface area contributed by atoms with Crippen molar-refractivity contribution in [3.63, 3.8) is 0 Å². The molecule has 0 aliphatic rings. The van der Waals surface area contributed by atoms with Gasteiger partial charge in [0.05, 0.1) is 12.2 Å². The summed E-state index contributed by atoms with van der Waals surface area (Å²) in [6, 6.07) is 0. The maximum absolute atomic E-state index is 12.7. The zero-order valence-electron chi connectivity index (χ0n) is 25.2. The van der Waals surface area contributed by atoms with Gasteiger partial charge in [-0.25, -0.2) is 14.4 Å². The van der Waals surface area contributed by atoms with E-state index >= 15 is 0 Å². The first-order valence-corrected chi connectivity index (χ1v) is 17.0. The minimum atomic E-state index is -0.844. The smallest absolute Gasteiger partial charge is 0.409 e. The summed E-state index contributed by atoms with van der Waals surface area (Å²) >= 11 is 4.67. The van der Waals surface area contributed by atoms with E-state index in [1.165, 1.54) is 16.7 Å². The largest absolute Gasteiger partial charge is 0.447 e. The fourth-order valence-corrected chi connectivity index (χ4v) is 5.49. The lowest BCUT2D eigenvalue weighted by atomic mass is 10.3. The predicted octanol–water partition coefficient (Wildman–Crippen LogP) is 3.12. The number of aliphatic hydroxyl groups excluding tert-OH is 3. The molecule has 0 fully saturated rings. The predicted molar refractivity (Wildman–Crippen MR) is 167 cm³/mol. The highest BCUT2D eigenvalue weighted by atomic mass is 32.2. The molecule has 0 aliphatic heterocycles. The second-order valence-electron chi connectivity index (χ2n) is 9.98. The Morgan fingerprint density at radius 3 is 1.56 bits per heavy atom. The molecule has 0 spiro atoms. The van der Waals surface area contributed by atoms with E-state index in [2.05, 4.69) is 38.3 Å². The number of ether oxygens (including phenoxy) is 3. The maximum atomic E-state index is 12.7. The quantitative estimate of drug-likeness (QED) is 0.0864. The van der Waals surface area contributed by atoms with Gasteiger partial charge in [0, 0.05) is 31.4 Å². The van der Waals surface area contributed by atoms with Crippen LogP contribution in [0.25, 0.3) is 0 Å². The molecule has 0 saturated carbocycles. The van der Waals surface area contributed by atoms with Crippen LogP contribution < -0.4 is 10.6 Å². The van der Waals surface area contributed by atoms with Crippen LogP contribution in [0.4, 0.5) is 14.4 Å². The lowest BCUT2D eigenvalue weighted by molar-refractivity contribution is 0.0461. The Hall–Kier alpha value is -1.26. The number of amides is 3. The third-order valence-electron chi connectivity index (χ3n) is 4.96. The van der Waals surface area contributed by atoms with Crippen molar-refractivity contribution in [2.24, 2.45) is 0 Å². The van der Waals surface area contributed by atoms with Gasteiger partial charge in [-0.2, -0.15) is 23.5 Å². The SMILES string of the molecule is CC(C)SCCC(O)COC(=O)NCCN(CCNC(=O)OCC(O)SC(C)C)C(=O)OCC(O)CCSC(C)C. The third kappa shape index (κ3) is 25.0. The Morgan fingerprint density at radius 1 is 0.683 bits per heavy atom. The van der Waals surface area contributed by atoms with Gasteiger partial charge in [0.2, 0.25) is 0 Å². The van der Waals surface area contributed by atoms with Gasteiger partial charge in [-0.05, 0) is 34.8 Å². The van der Waals surface area contributed by atoms with Crippen molar-refractivity contribution in [3.8, 4) is 0 Å². The Labute approximate surface area is 257 Å². The normalized spacial score (nSPS) is 13.6. The molecule has 0 aromatic rings. The third-order valence-corrected chi connectivity index (χ3v) is 8.23. The van der Waals surface area contributed by atoms with Crippen LogP contribution in [0.15, 0.2) is 0 Å². The molecular weight excluding hydrogens is 594 g/mol. The molecule has 5 N–H and O–H groups in total. The van der Waals surface area contributed by atoms with Gasteiger partial charge >= 0.3 is 18.3 Å². The molecule has 3 unspecified atom stereocenters. The summed E-state index contributed by atoms with van der Waals surface area (Å²) in [5.41, 5.74) is -0.844. The van der Waals surface area contributed by atoms with E-state index in [-0.39, 0.29) is 51.2 Å². The van der Waals surface area contributed by atoms with Crippen LogP contribution in [0.5, 0.6) is 0 Å². The number of carbonyl (C=O) groups excluding carboxylic acids is 3. The van der Waals surface area contributed by atoms with Crippen molar-refractivity contribution < 1.29 is 43.9 Å². The fourth-order valence-electron chi connectivity index (χ4n) is 2.96. The molecule has 242 valence electrons. The summed E-state index contributed by atoms with van der Waals surface area (Å²) in [5.74, 6) is 1.49. The van der Waals surface area contributed by atoms with Crippen molar-refractivity contribution in [1.29, 1.82) is 0 Å². The van der Waals surface area contributed by atoms with Crippen LogP contribution in [0.2, 0.25) is 0 Å². The zero-order valence-corrected chi connectivity index (χ0v) is 27.7. The molecule has 0 aromatic carbocycles. The average molecular weight is 646 g/mol. The van der Waals surface area contributed by atoms with Gasteiger partial charge in [-0.3, -0.25) is 0 Å². The molecule has 0 aliphatic carbocycles. The zero-order chi connectivity index (χ0) is 31.2. The summed E-state index contributed by atoms with van der Waals surface area (Å²) in [4.78, 5) is 38.0. The second kappa shape index (κ2) is 24.2. The van der Waals surface area contributed by atoms with Crippen LogP contribution in [0, 0.1) is 0 Å². The lowest BCUT2D eigenvalue weighted by Gasteiger charge is -2.23. The summed E-state index contributed by atoms with van der Waals surface area (Å²) < 4.78 is 15.3. The van der Waals surface area contributed by atoms with Crippen LogP contribution >= 0.6 is 35.3 Å². The first kappa shape index (κ1) is 39.7. The number of nitrogens with zero attached hydrogens (tertiary/aromatic N) is 1. The van der Waals surface area contributed by atoms with Crippen LogP contribution in [0.3, 0.4) is 0 Å². The Balaban J connectivity index is 4.67. The molecular formula is C26H51N3O9S3. The number of hydrogen-bond acceptors (Lipinski definition) is 12. The molecule has 12 nitrogen and oxygen atoms in total. The van der Waals surface area contributed by atoms with Crippen molar-refractivity contribution in [2.75, 3.05) is 57.5 Å². The molecule has 0 aromatic heterocycles. The molecule has 15 heteroatoms. The number of alkyl carbamates (subject to hydrolysis) is 2. The van der Waals surface area contributed by atoms with E-state index < -0.39 is 35.9 Å². The average Bonchev–Trinajstić information content (AvgIpc) is 2.87. The number of aliphatic hydroxyl groups is 3. The van der Waals surface area contributed by atoms with Gasteiger partial charge in [0.15, 0.2) is 0 Å². The molecule has 3 atom stereocenters. The highest BCUT2D eigenvalue weighted by Crippen LogP contribution is 2.15. The molecule has 0 bridgehead atoms. The van der Waals surface area contributed by atoms with Gasteiger partial charge in [-0.15, -0.1) is 11.8 Å². The van der Waals surface area contributed by atoms with Crippen molar-refractivity contribution in [1.82, 2.24) is 15.5 Å². The Bertz CT molecular complexity index is 721. The van der Waals surface area contributed by atoms with E-state index in [1.54, 1.807) is 23.5 Å². The number of carbonyl (C=O) groups is 3. The van der Waals surface area contributed by atoms with Crippen molar-refractivity contribution in [3.05, 3.63) is 0 Å². The van der Waals surface area contributed by atoms with Gasteiger partial charge in [-0.1, -0.05) is 41.5 Å². The number of rotatable bonds is 22. The highest BCUT2D eigenvalue weighted by Gasteiger charge is 2.19. The van der Waals surface area contributed by atoms with Gasteiger partial charge in [0.1, 0.15) is 25.3 Å². The van der Waals surface area contributed by atoms with E-state index in [4.69, 9.17) is 14.2 Å². The first-order chi connectivity index (χ1) is 19.3. The summed E-state index contributed by atoms with van der Waals surface area (Å²) in [5, 5.41) is 36.0. The summed E-state index contributed by atoms with van der Waals surface area (Å²) in [6.45, 7) is 11.7. The Morgan fingerprint density at radius 2 is 1.12 bits per heavy atom. The summed E-state index contributed by atoms with van der Waals surface area (Å²) in [6.07, 6.45) is -2.79. The minimum absolute atomic E-state index is 0.0277. The van der Waals surface area contributed by atoms with Gasteiger partial charge < -0.3 is 45.1 Å². The van der Waals surface area contributed by atoms with E-state index in [0.29, 0.717) is 23.3 Å². The molecule has 0 heterocycles. The Kier molecular flexibility index (Phi) is 23.5. The number of nitrogens with one attached hydrogen (secondary N) is 2. The monoisotopic (exact) mass is 645 g/mol.